The number of aryl methyl sites for hydroxylation is 2. The van der Waals surface area contributed by atoms with E-state index in [9.17, 15) is 9.59 Å². The molecule has 1 aromatic heterocycles. The van der Waals surface area contributed by atoms with Crippen molar-refractivity contribution in [1.82, 2.24) is 10.9 Å². The van der Waals surface area contributed by atoms with Crippen molar-refractivity contribution >= 4 is 23.2 Å². The molecule has 2 rings (SSSR count). The van der Waals surface area contributed by atoms with E-state index in [1.807, 2.05) is 33.8 Å². The van der Waals surface area contributed by atoms with E-state index in [-0.39, 0.29) is 5.91 Å². The molecule has 0 bridgehead atoms. The van der Waals surface area contributed by atoms with Crippen molar-refractivity contribution in [3.63, 3.8) is 0 Å². The Morgan fingerprint density at radius 1 is 1.00 bits per heavy atom. The minimum absolute atomic E-state index is 0.330. The van der Waals surface area contributed by atoms with E-state index in [4.69, 9.17) is 9.47 Å². The quantitative estimate of drug-likeness (QED) is 0.671. The zero-order valence-electron chi connectivity index (χ0n) is 16.2. The van der Waals surface area contributed by atoms with Crippen LogP contribution in [0.5, 0.6) is 11.5 Å². The van der Waals surface area contributed by atoms with E-state index in [1.54, 1.807) is 18.2 Å². The third kappa shape index (κ3) is 5.47. The van der Waals surface area contributed by atoms with E-state index in [0.717, 1.165) is 23.3 Å². The molecule has 0 spiro atoms. The van der Waals surface area contributed by atoms with Gasteiger partial charge in [0, 0.05) is 10.4 Å². The average Bonchev–Trinajstić information content (AvgIpc) is 3.05. The highest BCUT2D eigenvalue weighted by Crippen LogP contribution is 2.28. The fraction of sp³-hybridized carbons (Fsp3) is 0.400. The first-order valence-corrected chi connectivity index (χ1v) is 9.91. The van der Waals surface area contributed by atoms with Crippen molar-refractivity contribution in [3.05, 3.63) is 45.1 Å². The molecule has 1 aromatic carbocycles. The van der Waals surface area contributed by atoms with Crippen molar-refractivity contribution in [2.24, 2.45) is 0 Å². The monoisotopic (exact) mass is 390 g/mol. The van der Waals surface area contributed by atoms with Gasteiger partial charge in [0.1, 0.15) is 0 Å². The zero-order chi connectivity index (χ0) is 19.8. The van der Waals surface area contributed by atoms with Gasteiger partial charge in [-0.2, -0.15) is 0 Å². The number of benzene rings is 1. The molecule has 2 amide bonds. The SMILES string of the molecule is CCCOc1ccc(C(=O)NNC(=O)c2cc(C)c(CC)s2)cc1OCC. The van der Waals surface area contributed by atoms with E-state index in [0.29, 0.717) is 35.2 Å². The molecule has 0 fully saturated rings. The maximum atomic E-state index is 12.4. The van der Waals surface area contributed by atoms with Gasteiger partial charge in [-0.1, -0.05) is 13.8 Å². The van der Waals surface area contributed by atoms with Gasteiger partial charge < -0.3 is 9.47 Å². The number of carbonyl (C=O) groups is 2. The highest BCUT2D eigenvalue weighted by Gasteiger charge is 2.15. The largest absolute Gasteiger partial charge is 0.490 e. The average molecular weight is 391 g/mol. The van der Waals surface area contributed by atoms with Crippen molar-refractivity contribution < 1.29 is 19.1 Å². The first-order valence-electron chi connectivity index (χ1n) is 9.09. The first-order chi connectivity index (χ1) is 13.0. The second kappa shape index (κ2) is 9.97. The van der Waals surface area contributed by atoms with Crippen molar-refractivity contribution in [1.29, 1.82) is 0 Å². The Labute approximate surface area is 163 Å². The lowest BCUT2D eigenvalue weighted by atomic mass is 10.2. The van der Waals surface area contributed by atoms with Gasteiger partial charge in [-0.3, -0.25) is 20.4 Å². The van der Waals surface area contributed by atoms with Crippen LogP contribution < -0.4 is 20.3 Å². The van der Waals surface area contributed by atoms with Crippen LogP contribution in [0.3, 0.4) is 0 Å². The number of hydrazine groups is 1. The maximum absolute atomic E-state index is 12.4. The molecule has 2 N–H and O–H groups in total. The summed E-state index contributed by atoms with van der Waals surface area (Å²) in [6.07, 6.45) is 1.75. The molecule has 0 unspecified atom stereocenters. The van der Waals surface area contributed by atoms with Crippen LogP contribution in [-0.4, -0.2) is 25.0 Å². The summed E-state index contributed by atoms with van der Waals surface area (Å²) < 4.78 is 11.2. The molecule has 7 heteroatoms. The lowest BCUT2D eigenvalue weighted by Crippen LogP contribution is -2.41. The Hall–Kier alpha value is -2.54. The summed E-state index contributed by atoms with van der Waals surface area (Å²) in [7, 11) is 0. The Balaban J connectivity index is 2.03. The summed E-state index contributed by atoms with van der Waals surface area (Å²) in [4.78, 5) is 26.4. The molecule has 0 atom stereocenters. The molecule has 0 aliphatic carbocycles. The van der Waals surface area contributed by atoms with Crippen LogP contribution in [0.15, 0.2) is 24.3 Å². The molecule has 2 aromatic rings. The van der Waals surface area contributed by atoms with Crippen molar-refractivity contribution in [2.75, 3.05) is 13.2 Å². The van der Waals surface area contributed by atoms with E-state index < -0.39 is 5.91 Å². The van der Waals surface area contributed by atoms with Crippen LogP contribution in [0.25, 0.3) is 0 Å². The minimum atomic E-state index is -0.421. The highest BCUT2D eigenvalue weighted by atomic mass is 32.1. The fourth-order valence-electron chi connectivity index (χ4n) is 2.48. The van der Waals surface area contributed by atoms with E-state index in [1.165, 1.54) is 11.3 Å². The number of hydrogen-bond donors (Lipinski definition) is 2. The van der Waals surface area contributed by atoms with Gasteiger partial charge in [0.2, 0.25) is 0 Å². The summed E-state index contributed by atoms with van der Waals surface area (Å²) in [5.74, 6) is 0.353. The Kier molecular flexibility index (Phi) is 7.67. The molecule has 0 radical (unpaired) electrons. The molecule has 0 saturated heterocycles. The van der Waals surface area contributed by atoms with Crippen molar-refractivity contribution in [2.45, 2.75) is 40.5 Å². The van der Waals surface area contributed by atoms with Crippen LogP contribution in [0.2, 0.25) is 0 Å². The predicted molar refractivity (Wildman–Crippen MR) is 107 cm³/mol. The third-order valence-electron chi connectivity index (χ3n) is 3.82. The molecule has 0 saturated carbocycles. The summed E-state index contributed by atoms with van der Waals surface area (Å²) in [6, 6.07) is 6.78. The number of ether oxygens (including phenoxy) is 2. The summed E-state index contributed by atoms with van der Waals surface area (Å²) >= 11 is 1.43. The lowest BCUT2D eigenvalue weighted by molar-refractivity contribution is 0.0848. The molecule has 0 aliphatic rings. The van der Waals surface area contributed by atoms with E-state index in [2.05, 4.69) is 10.9 Å². The van der Waals surface area contributed by atoms with Gasteiger partial charge in [-0.15, -0.1) is 11.3 Å². The Bertz CT molecular complexity index is 801. The standard InChI is InChI=1S/C20H26N2O4S/c1-5-10-26-15-9-8-14(12-16(15)25-7-3)19(23)21-22-20(24)18-11-13(4)17(6-2)27-18/h8-9,11-12H,5-7,10H2,1-4H3,(H,21,23)(H,22,24). The van der Waals surface area contributed by atoms with Gasteiger partial charge in [-0.05, 0) is 56.5 Å². The molecular formula is C20H26N2O4S. The van der Waals surface area contributed by atoms with Crippen LogP contribution >= 0.6 is 11.3 Å². The Morgan fingerprint density at radius 2 is 1.74 bits per heavy atom. The molecule has 146 valence electrons. The predicted octanol–water partition coefficient (Wildman–Crippen LogP) is 3.88. The number of amides is 2. The van der Waals surface area contributed by atoms with Gasteiger partial charge in [-0.25, -0.2) is 0 Å². The second-order valence-electron chi connectivity index (χ2n) is 5.92. The molecular weight excluding hydrogens is 364 g/mol. The number of thiophene rings is 1. The smallest absolute Gasteiger partial charge is 0.279 e. The first kappa shape index (κ1) is 20.8. The summed E-state index contributed by atoms with van der Waals surface area (Å²) in [5.41, 5.74) is 6.37. The number of carbonyl (C=O) groups excluding carboxylic acids is 2. The van der Waals surface area contributed by atoms with Gasteiger partial charge >= 0.3 is 0 Å². The van der Waals surface area contributed by atoms with Gasteiger partial charge in [0.05, 0.1) is 18.1 Å². The lowest BCUT2D eigenvalue weighted by Gasteiger charge is -2.13. The number of rotatable bonds is 8. The van der Waals surface area contributed by atoms with Crippen LogP contribution in [0, 0.1) is 6.92 Å². The van der Waals surface area contributed by atoms with Gasteiger partial charge in [0.25, 0.3) is 11.8 Å². The minimum Gasteiger partial charge on any atom is -0.490 e. The third-order valence-corrected chi connectivity index (χ3v) is 5.20. The number of nitrogens with one attached hydrogen (secondary N) is 2. The normalized spacial score (nSPS) is 10.4. The van der Waals surface area contributed by atoms with E-state index >= 15 is 0 Å². The van der Waals surface area contributed by atoms with Gasteiger partial charge in [0.15, 0.2) is 11.5 Å². The molecule has 1 heterocycles. The highest BCUT2D eigenvalue weighted by molar-refractivity contribution is 7.14. The molecule has 0 aliphatic heterocycles. The topological polar surface area (TPSA) is 76.7 Å². The van der Waals surface area contributed by atoms with Crippen LogP contribution in [0.4, 0.5) is 0 Å². The van der Waals surface area contributed by atoms with Crippen LogP contribution in [-0.2, 0) is 6.42 Å². The Morgan fingerprint density at radius 3 is 2.37 bits per heavy atom. The summed E-state index contributed by atoms with van der Waals surface area (Å²) in [6.45, 7) is 8.94. The fourth-order valence-corrected chi connectivity index (χ4v) is 3.49. The second-order valence-corrected chi connectivity index (χ2v) is 7.06. The summed E-state index contributed by atoms with van der Waals surface area (Å²) in [5, 5.41) is 0. The number of hydrogen-bond acceptors (Lipinski definition) is 5. The zero-order valence-corrected chi connectivity index (χ0v) is 17.0. The molecule has 6 nitrogen and oxygen atoms in total. The van der Waals surface area contributed by atoms with Crippen LogP contribution in [0.1, 0.15) is 57.7 Å². The van der Waals surface area contributed by atoms with Crippen molar-refractivity contribution in [3.8, 4) is 11.5 Å². The molecule has 27 heavy (non-hydrogen) atoms. The maximum Gasteiger partial charge on any atom is 0.279 e.